The van der Waals surface area contributed by atoms with Gasteiger partial charge in [-0.25, -0.2) is 4.98 Å². The Balaban J connectivity index is 2.48. The number of benzene rings is 1. The molecule has 1 aromatic carbocycles. The summed E-state index contributed by atoms with van der Waals surface area (Å²) in [6.07, 6.45) is 0.830. The highest BCUT2D eigenvalue weighted by molar-refractivity contribution is 5.89. The summed E-state index contributed by atoms with van der Waals surface area (Å²) in [6, 6.07) is 8.85. The van der Waals surface area contributed by atoms with Gasteiger partial charge in [-0.3, -0.25) is 4.79 Å². The molecule has 3 aromatic rings. The van der Waals surface area contributed by atoms with Crippen molar-refractivity contribution in [3.63, 3.8) is 0 Å². The number of hydrogen-bond acceptors (Lipinski definition) is 5. The second kappa shape index (κ2) is 4.35. The van der Waals surface area contributed by atoms with Crippen molar-refractivity contribution in [2.75, 3.05) is 5.73 Å². The average Bonchev–Trinajstić information content (AvgIpc) is 2.47. The van der Waals surface area contributed by atoms with E-state index in [0.717, 1.165) is 12.0 Å². The molecule has 0 bridgehead atoms. The first-order chi connectivity index (χ1) is 9.63. The van der Waals surface area contributed by atoms with Gasteiger partial charge in [0, 0.05) is 6.07 Å². The van der Waals surface area contributed by atoms with Crippen LogP contribution in [-0.2, 0) is 6.42 Å². The Bertz CT molecular complexity index is 936. The average molecular weight is 265 g/mol. The van der Waals surface area contributed by atoms with Crippen molar-refractivity contribution in [3.05, 3.63) is 45.6 Å². The molecule has 2 heterocycles. The van der Waals surface area contributed by atoms with E-state index in [-0.39, 0.29) is 27.9 Å². The lowest BCUT2D eigenvalue weighted by Gasteiger charge is -2.04. The number of rotatable bonds is 1. The molecule has 0 atom stereocenters. The van der Waals surface area contributed by atoms with Gasteiger partial charge in [0.05, 0.1) is 10.9 Å². The molecule has 0 fully saturated rings. The van der Waals surface area contributed by atoms with Crippen molar-refractivity contribution < 1.29 is 4.42 Å². The van der Waals surface area contributed by atoms with Gasteiger partial charge >= 0.3 is 0 Å². The Kier molecular flexibility index (Phi) is 2.65. The van der Waals surface area contributed by atoms with E-state index in [1.54, 1.807) is 12.1 Å². The van der Waals surface area contributed by atoms with Gasteiger partial charge in [-0.1, -0.05) is 13.0 Å². The minimum Gasteiger partial charge on any atom is -0.454 e. The number of nitrogens with zero attached hydrogens (tertiary/aromatic N) is 2. The van der Waals surface area contributed by atoms with Crippen LogP contribution in [0.15, 0.2) is 33.5 Å². The lowest BCUT2D eigenvalue weighted by Crippen LogP contribution is -2.07. The molecule has 0 aliphatic carbocycles. The van der Waals surface area contributed by atoms with Crippen LogP contribution in [0.4, 0.5) is 5.82 Å². The van der Waals surface area contributed by atoms with Crippen molar-refractivity contribution in [1.82, 2.24) is 4.98 Å². The van der Waals surface area contributed by atoms with Gasteiger partial charge in [-0.05, 0) is 24.1 Å². The van der Waals surface area contributed by atoms with Crippen LogP contribution in [0, 0.1) is 11.3 Å². The number of nitrogen functional groups attached to an aromatic ring is 1. The van der Waals surface area contributed by atoms with Crippen LogP contribution in [0.1, 0.15) is 18.1 Å². The molecular formula is C15H11N3O2. The molecule has 5 nitrogen and oxygen atoms in total. The molecule has 20 heavy (non-hydrogen) atoms. The predicted octanol–water partition coefficient (Wildman–Crippen LogP) is 2.36. The number of nitrogens with two attached hydrogens (primary N) is 1. The van der Waals surface area contributed by atoms with Gasteiger partial charge in [0.1, 0.15) is 17.5 Å². The van der Waals surface area contributed by atoms with Crippen LogP contribution in [0.2, 0.25) is 0 Å². The van der Waals surface area contributed by atoms with E-state index in [2.05, 4.69) is 4.98 Å². The first-order valence-electron chi connectivity index (χ1n) is 6.20. The van der Waals surface area contributed by atoms with E-state index in [1.165, 1.54) is 6.07 Å². The van der Waals surface area contributed by atoms with Gasteiger partial charge in [0.2, 0.25) is 5.43 Å². The molecule has 0 radical (unpaired) electrons. The van der Waals surface area contributed by atoms with Crippen molar-refractivity contribution in [2.24, 2.45) is 0 Å². The highest BCUT2D eigenvalue weighted by Crippen LogP contribution is 2.21. The van der Waals surface area contributed by atoms with Crippen LogP contribution < -0.4 is 11.2 Å². The van der Waals surface area contributed by atoms with Crippen LogP contribution >= 0.6 is 0 Å². The quantitative estimate of drug-likeness (QED) is 0.682. The molecule has 0 unspecified atom stereocenters. The molecule has 98 valence electrons. The van der Waals surface area contributed by atoms with E-state index in [4.69, 9.17) is 15.4 Å². The Morgan fingerprint density at radius 3 is 2.85 bits per heavy atom. The Morgan fingerprint density at radius 1 is 1.35 bits per heavy atom. The molecule has 3 rings (SSSR count). The fourth-order valence-corrected chi connectivity index (χ4v) is 2.15. The molecule has 0 aliphatic heterocycles. The van der Waals surface area contributed by atoms with E-state index in [9.17, 15) is 4.79 Å². The first-order valence-corrected chi connectivity index (χ1v) is 6.20. The summed E-state index contributed by atoms with van der Waals surface area (Å²) in [5, 5.41) is 9.42. The lowest BCUT2D eigenvalue weighted by molar-refractivity contribution is 0.658. The van der Waals surface area contributed by atoms with Crippen LogP contribution in [0.3, 0.4) is 0 Å². The summed E-state index contributed by atoms with van der Waals surface area (Å²) in [5.74, 6) is 0.0401. The maximum Gasteiger partial charge on any atom is 0.219 e. The summed E-state index contributed by atoms with van der Waals surface area (Å²) >= 11 is 0. The lowest BCUT2D eigenvalue weighted by atomic mass is 10.1. The number of aromatic nitrogens is 1. The van der Waals surface area contributed by atoms with Gasteiger partial charge in [0.15, 0.2) is 11.1 Å². The predicted molar refractivity (Wildman–Crippen MR) is 76.3 cm³/mol. The molecule has 2 N–H and O–H groups in total. The summed E-state index contributed by atoms with van der Waals surface area (Å²) < 4.78 is 5.65. The minimum atomic E-state index is -0.229. The Morgan fingerprint density at radius 2 is 2.15 bits per heavy atom. The third kappa shape index (κ3) is 1.70. The molecular weight excluding hydrogens is 254 g/mol. The zero-order valence-corrected chi connectivity index (χ0v) is 10.8. The number of hydrogen-bond donors (Lipinski definition) is 1. The molecule has 0 spiro atoms. The third-order valence-corrected chi connectivity index (χ3v) is 3.27. The molecule has 0 saturated carbocycles. The maximum atomic E-state index is 12.4. The van der Waals surface area contributed by atoms with E-state index in [1.807, 2.05) is 19.1 Å². The Hall–Kier alpha value is -2.87. The summed E-state index contributed by atoms with van der Waals surface area (Å²) in [4.78, 5) is 16.4. The fourth-order valence-electron chi connectivity index (χ4n) is 2.15. The van der Waals surface area contributed by atoms with Crippen LogP contribution in [0.25, 0.3) is 22.1 Å². The highest BCUT2D eigenvalue weighted by Gasteiger charge is 2.12. The normalized spacial score (nSPS) is 10.8. The Labute approximate surface area is 114 Å². The molecule has 5 heteroatoms. The highest BCUT2D eigenvalue weighted by atomic mass is 16.3. The molecule has 0 aliphatic rings. The summed E-state index contributed by atoms with van der Waals surface area (Å²) in [7, 11) is 0. The number of fused-ring (bicyclic) bond motifs is 2. The number of pyridine rings is 1. The third-order valence-electron chi connectivity index (χ3n) is 3.27. The second-order valence-corrected chi connectivity index (χ2v) is 4.49. The smallest absolute Gasteiger partial charge is 0.219 e. The standard InChI is InChI=1S/C15H11N3O2/c1-2-8-3-4-11-10(5-8)14(19)13-12(20-11)6-9(7-16)15(17)18-13/h3-6H,2H2,1H3,(H2,17,18). The number of nitriles is 1. The topological polar surface area (TPSA) is 92.9 Å². The number of aryl methyl sites for hydroxylation is 1. The van der Waals surface area contributed by atoms with Gasteiger partial charge in [-0.15, -0.1) is 0 Å². The second-order valence-electron chi connectivity index (χ2n) is 4.49. The SMILES string of the molecule is CCc1ccc2oc3cc(C#N)c(N)nc3c(=O)c2c1. The molecule has 2 aromatic heterocycles. The fraction of sp³-hybridized carbons (Fsp3) is 0.133. The maximum absolute atomic E-state index is 12.4. The van der Waals surface area contributed by atoms with Crippen molar-refractivity contribution in [1.29, 1.82) is 5.26 Å². The van der Waals surface area contributed by atoms with Crippen molar-refractivity contribution in [2.45, 2.75) is 13.3 Å². The van der Waals surface area contributed by atoms with E-state index >= 15 is 0 Å². The first kappa shape index (κ1) is 12.2. The zero-order chi connectivity index (χ0) is 14.3. The van der Waals surface area contributed by atoms with Crippen molar-refractivity contribution in [3.8, 4) is 6.07 Å². The van der Waals surface area contributed by atoms with E-state index < -0.39 is 0 Å². The summed E-state index contributed by atoms with van der Waals surface area (Å²) in [6.45, 7) is 2.01. The van der Waals surface area contributed by atoms with Gasteiger partial charge in [-0.2, -0.15) is 5.26 Å². The molecule has 0 saturated heterocycles. The summed E-state index contributed by atoms with van der Waals surface area (Å²) in [5.41, 5.74) is 7.58. The van der Waals surface area contributed by atoms with Gasteiger partial charge in [0.25, 0.3) is 0 Å². The van der Waals surface area contributed by atoms with Crippen molar-refractivity contribution >= 4 is 27.9 Å². The molecule has 0 amide bonds. The van der Waals surface area contributed by atoms with Crippen LogP contribution in [0.5, 0.6) is 0 Å². The minimum absolute atomic E-state index is 0.0401. The van der Waals surface area contributed by atoms with Gasteiger partial charge < -0.3 is 10.2 Å². The zero-order valence-electron chi connectivity index (χ0n) is 10.8. The van der Waals surface area contributed by atoms with E-state index in [0.29, 0.717) is 11.0 Å². The monoisotopic (exact) mass is 265 g/mol. The van der Waals surface area contributed by atoms with Crippen LogP contribution in [-0.4, -0.2) is 4.98 Å². The number of anilines is 1. The largest absolute Gasteiger partial charge is 0.454 e.